The minimum Gasteiger partial charge on any atom is -0.355 e. The Morgan fingerprint density at radius 1 is 1.27 bits per heavy atom. The van der Waals surface area contributed by atoms with Gasteiger partial charge in [-0.2, -0.15) is 0 Å². The van der Waals surface area contributed by atoms with Gasteiger partial charge in [0.25, 0.3) is 5.91 Å². The van der Waals surface area contributed by atoms with E-state index in [-0.39, 0.29) is 5.91 Å². The molecule has 1 saturated heterocycles. The van der Waals surface area contributed by atoms with E-state index in [1.165, 1.54) is 17.5 Å². The van der Waals surface area contributed by atoms with Gasteiger partial charge < -0.3 is 15.5 Å². The zero-order chi connectivity index (χ0) is 18.4. The number of amides is 1. The average molecular weight is 353 g/mol. The Morgan fingerprint density at radius 2 is 2.04 bits per heavy atom. The summed E-state index contributed by atoms with van der Waals surface area (Å²) in [7, 11) is 0. The van der Waals surface area contributed by atoms with Gasteiger partial charge in [-0.1, -0.05) is 24.3 Å². The lowest BCUT2D eigenvalue weighted by Crippen LogP contribution is -2.34. The molecule has 6 heteroatoms. The first-order valence-corrected chi connectivity index (χ1v) is 9.29. The second-order valence-electron chi connectivity index (χ2n) is 6.72. The van der Waals surface area contributed by atoms with Crippen LogP contribution in [0, 0.1) is 6.92 Å². The predicted molar refractivity (Wildman–Crippen MR) is 104 cm³/mol. The first-order valence-electron chi connectivity index (χ1n) is 9.29. The molecule has 1 fully saturated rings. The van der Waals surface area contributed by atoms with Crippen LogP contribution in [-0.2, 0) is 0 Å². The molecule has 0 radical (unpaired) electrons. The average Bonchev–Trinajstić information content (AvgIpc) is 3.11. The van der Waals surface area contributed by atoms with Crippen LogP contribution in [0.1, 0.15) is 40.7 Å². The molecule has 1 atom stereocenters. The quantitative estimate of drug-likeness (QED) is 0.800. The fourth-order valence-corrected chi connectivity index (χ4v) is 3.46. The summed E-state index contributed by atoms with van der Waals surface area (Å²) in [5, 5.41) is 5.98. The van der Waals surface area contributed by atoms with Gasteiger partial charge in [-0.25, -0.2) is 9.97 Å². The molecular formula is C20H27N5O. The first kappa shape index (κ1) is 18.3. The van der Waals surface area contributed by atoms with E-state index in [2.05, 4.69) is 56.7 Å². The largest absolute Gasteiger partial charge is 0.355 e. The lowest BCUT2D eigenvalue weighted by molar-refractivity contribution is 0.0949. The predicted octanol–water partition coefficient (Wildman–Crippen LogP) is 2.44. The number of hydrogen-bond acceptors (Lipinski definition) is 5. The molecule has 1 aliphatic rings. The molecule has 26 heavy (non-hydrogen) atoms. The van der Waals surface area contributed by atoms with Crippen molar-refractivity contribution >= 4 is 11.9 Å². The van der Waals surface area contributed by atoms with Gasteiger partial charge in [0.1, 0.15) is 0 Å². The van der Waals surface area contributed by atoms with Gasteiger partial charge in [0.05, 0.1) is 5.56 Å². The first-order chi connectivity index (χ1) is 12.7. The maximum atomic E-state index is 12.2. The van der Waals surface area contributed by atoms with Crippen molar-refractivity contribution in [1.29, 1.82) is 0 Å². The number of rotatable bonds is 7. The van der Waals surface area contributed by atoms with Crippen LogP contribution in [-0.4, -0.2) is 53.5 Å². The van der Waals surface area contributed by atoms with E-state index in [4.69, 9.17) is 0 Å². The highest BCUT2D eigenvalue weighted by atomic mass is 16.1. The summed E-state index contributed by atoms with van der Waals surface area (Å²) in [5.74, 6) is 1.02. The number of nitrogens with zero attached hydrogens (tertiary/aromatic N) is 3. The highest BCUT2D eigenvalue weighted by molar-refractivity contribution is 5.93. The third-order valence-corrected chi connectivity index (χ3v) is 4.86. The van der Waals surface area contributed by atoms with E-state index in [1.54, 1.807) is 12.4 Å². The van der Waals surface area contributed by atoms with Crippen molar-refractivity contribution in [2.24, 2.45) is 0 Å². The van der Waals surface area contributed by atoms with E-state index in [0.717, 1.165) is 26.2 Å². The van der Waals surface area contributed by atoms with Gasteiger partial charge in [-0.3, -0.25) is 4.79 Å². The number of hydrogen-bond donors (Lipinski definition) is 2. The van der Waals surface area contributed by atoms with Crippen molar-refractivity contribution in [2.75, 3.05) is 38.0 Å². The van der Waals surface area contributed by atoms with Crippen LogP contribution in [0.25, 0.3) is 0 Å². The molecule has 0 bridgehead atoms. The van der Waals surface area contributed by atoms with Crippen LogP contribution in [0.4, 0.5) is 5.95 Å². The minimum atomic E-state index is -0.123. The monoisotopic (exact) mass is 353 g/mol. The van der Waals surface area contributed by atoms with E-state index in [9.17, 15) is 4.79 Å². The summed E-state index contributed by atoms with van der Waals surface area (Å²) in [5.41, 5.74) is 3.32. The summed E-state index contributed by atoms with van der Waals surface area (Å²) < 4.78 is 0. The van der Waals surface area contributed by atoms with E-state index >= 15 is 0 Å². The van der Waals surface area contributed by atoms with Crippen molar-refractivity contribution in [1.82, 2.24) is 20.2 Å². The normalized spacial score (nSPS) is 17.2. The molecular weight excluding hydrogens is 326 g/mol. The Labute approximate surface area is 155 Å². The van der Waals surface area contributed by atoms with Gasteiger partial charge >= 0.3 is 0 Å². The van der Waals surface area contributed by atoms with Crippen molar-refractivity contribution in [2.45, 2.75) is 26.2 Å². The van der Waals surface area contributed by atoms with Crippen molar-refractivity contribution in [3.63, 3.8) is 0 Å². The molecule has 2 aromatic rings. The lowest BCUT2D eigenvalue weighted by Gasteiger charge is -2.17. The lowest BCUT2D eigenvalue weighted by atomic mass is 9.94. The molecule has 3 rings (SSSR count). The topological polar surface area (TPSA) is 70.2 Å². The molecule has 1 amide bonds. The summed E-state index contributed by atoms with van der Waals surface area (Å²) in [6.07, 6.45) is 4.30. The van der Waals surface area contributed by atoms with Crippen LogP contribution >= 0.6 is 0 Å². The second-order valence-corrected chi connectivity index (χ2v) is 6.72. The molecule has 2 N–H and O–H groups in total. The SMILES string of the molecule is CCNc1ncc(C(=O)NCCN2CCC(c3ccccc3C)C2)cn1. The van der Waals surface area contributed by atoms with Gasteiger partial charge in [0.2, 0.25) is 5.95 Å². The summed E-state index contributed by atoms with van der Waals surface area (Å²) in [4.78, 5) is 22.9. The number of likely N-dealkylation sites (tertiary alicyclic amines) is 1. The smallest absolute Gasteiger partial charge is 0.254 e. The van der Waals surface area contributed by atoms with E-state index in [0.29, 0.717) is 24.0 Å². The molecule has 0 spiro atoms. The number of carbonyl (C=O) groups excluding carboxylic acids is 1. The summed E-state index contributed by atoms with van der Waals surface area (Å²) in [6.45, 7) is 8.55. The fraction of sp³-hybridized carbons (Fsp3) is 0.450. The van der Waals surface area contributed by atoms with Crippen LogP contribution < -0.4 is 10.6 Å². The van der Waals surface area contributed by atoms with E-state index < -0.39 is 0 Å². The number of aryl methyl sites for hydroxylation is 1. The standard InChI is InChI=1S/C20H27N5O/c1-3-21-20-23-12-17(13-24-20)19(26)22-9-11-25-10-8-16(14-25)18-7-5-4-6-15(18)2/h4-7,12-13,16H,3,8-11,14H2,1-2H3,(H,22,26)(H,21,23,24). The fourth-order valence-electron chi connectivity index (χ4n) is 3.46. The highest BCUT2D eigenvalue weighted by Crippen LogP contribution is 2.28. The van der Waals surface area contributed by atoms with Gasteiger partial charge in [-0.05, 0) is 43.9 Å². The molecule has 1 unspecified atom stereocenters. The van der Waals surface area contributed by atoms with Crippen LogP contribution in [0.2, 0.25) is 0 Å². The van der Waals surface area contributed by atoms with Gasteiger partial charge in [-0.15, -0.1) is 0 Å². The molecule has 0 aliphatic carbocycles. The number of anilines is 1. The third kappa shape index (κ3) is 4.58. The van der Waals surface area contributed by atoms with Crippen molar-refractivity contribution < 1.29 is 4.79 Å². The maximum Gasteiger partial charge on any atom is 0.254 e. The van der Waals surface area contributed by atoms with Gasteiger partial charge in [0, 0.05) is 38.6 Å². The number of aromatic nitrogens is 2. The Bertz CT molecular complexity index is 731. The Kier molecular flexibility index (Phi) is 6.17. The van der Waals surface area contributed by atoms with Crippen LogP contribution in [0.15, 0.2) is 36.7 Å². The van der Waals surface area contributed by atoms with Crippen molar-refractivity contribution in [3.05, 3.63) is 53.3 Å². The van der Waals surface area contributed by atoms with Crippen LogP contribution in [0.3, 0.4) is 0 Å². The minimum absolute atomic E-state index is 0.123. The third-order valence-electron chi connectivity index (χ3n) is 4.86. The van der Waals surface area contributed by atoms with Crippen LogP contribution in [0.5, 0.6) is 0 Å². The molecule has 1 aliphatic heterocycles. The molecule has 6 nitrogen and oxygen atoms in total. The summed E-state index contributed by atoms with van der Waals surface area (Å²) >= 11 is 0. The number of carbonyl (C=O) groups is 1. The maximum absolute atomic E-state index is 12.2. The Hall–Kier alpha value is -2.47. The number of nitrogens with one attached hydrogen (secondary N) is 2. The summed E-state index contributed by atoms with van der Waals surface area (Å²) in [6, 6.07) is 8.63. The molecule has 138 valence electrons. The van der Waals surface area contributed by atoms with Gasteiger partial charge in [0.15, 0.2) is 0 Å². The highest BCUT2D eigenvalue weighted by Gasteiger charge is 2.24. The molecule has 1 aromatic heterocycles. The number of benzene rings is 1. The Balaban J connectivity index is 1.44. The molecule has 2 heterocycles. The zero-order valence-electron chi connectivity index (χ0n) is 15.5. The van der Waals surface area contributed by atoms with E-state index in [1.807, 2.05) is 6.92 Å². The molecule has 1 aromatic carbocycles. The Morgan fingerprint density at radius 3 is 2.77 bits per heavy atom. The zero-order valence-corrected chi connectivity index (χ0v) is 15.5. The molecule has 0 saturated carbocycles. The second kappa shape index (κ2) is 8.76. The van der Waals surface area contributed by atoms with Crippen molar-refractivity contribution in [3.8, 4) is 0 Å².